The minimum Gasteiger partial charge on any atom is -0.486 e. The molecule has 0 radical (unpaired) electrons. The number of halogens is 1. The van der Waals surface area contributed by atoms with E-state index >= 15 is 0 Å². The first-order valence-corrected chi connectivity index (χ1v) is 7.94. The number of benzene rings is 2. The topological polar surface area (TPSA) is 47.6 Å². The lowest BCUT2D eigenvalue weighted by Crippen LogP contribution is -2.15. The SMILES string of the molecule is O=C(CCc1ccc2c(c1)OCCO2)Nc1cccc(Br)c1. The highest BCUT2D eigenvalue weighted by molar-refractivity contribution is 9.10. The van der Waals surface area contributed by atoms with Gasteiger partial charge in [0.2, 0.25) is 5.91 Å². The molecule has 22 heavy (non-hydrogen) atoms. The summed E-state index contributed by atoms with van der Waals surface area (Å²) in [6, 6.07) is 13.4. The maximum Gasteiger partial charge on any atom is 0.224 e. The van der Waals surface area contributed by atoms with Gasteiger partial charge >= 0.3 is 0 Å². The second-order valence-corrected chi connectivity index (χ2v) is 5.95. The molecule has 0 unspecified atom stereocenters. The van der Waals surface area contributed by atoms with E-state index in [9.17, 15) is 4.79 Å². The summed E-state index contributed by atoms with van der Waals surface area (Å²) in [6.07, 6.45) is 1.09. The van der Waals surface area contributed by atoms with E-state index in [2.05, 4.69) is 21.2 Å². The molecule has 0 atom stereocenters. The molecule has 1 N–H and O–H groups in total. The number of nitrogens with one attached hydrogen (secondary N) is 1. The van der Waals surface area contributed by atoms with Crippen LogP contribution in [0.5, 0.6) is 11.5 Å². The molecular formula is C17H16BrNO3. The fraction of sp³-hybridized carbons (Fsp3) is 0.235. The van der Waals surface area contributed by atoms with Crippen LogP contribution in [0.25, 0.3) is 0 Å². The molecule has 0 fully saturated rings. The number of anilines is 1. The number of carbonyl (C=O) groups excluding carboxylic acids is 1. The predicted molar refractivity (Wildman–Crippen MR) is 88.5 cm³/mol. The zero-order valence-corrected chi connectivity index (χ0v) is 13.6. The van der Waals surface area contributed by atoms with Gasteiger partial charge in [-0.3, -0.25) is 4.79 Å². The Hall–Kier alpha value is -2.01. The second kappa shape index (κ2) is 6.83. The first-order valence-electron chi connectivity index (χ1n) is 7.15. The molecular weight excluding hydrogens is 346 g/mol. The summed E-state index contributed by atoms with van der Waals surface area (Å²) in [5, 5.41) is 2.89. The minimum atomic E-state index is -0.00649. The van der Waals surface area contributed by atoms with Crippen LogP contribution in [0.1, 0.15) is 12.0 Å². The van der Waals surface area contributed by atoms with E-state index in [1.807, 2.05) is 42.5 Å². The lowest BCUT2D eigenvalue weighted by Gasteiger charge is -2.18. The Balaban J connectivity index is 1.57. The van der Waals surface area contributed by atoms with Gasteiger partial charge in [0.25, 0.3) is 0 Å². The minimum absolute atomic E-state index is 0.00649. The van der Waals surface area contributed by atoms with Crippen LogP contribution < -0.4 is 14.8 Å². The van der Waals surface area contributed by atoms with Gasteiger partial charge in [-0.05, 0) is 42.3 Å². The molecule has 2 aromatic carbocycles. The van der Waals surface area contributed by atoms with E-state index in [1.165, 1.54) is 0 Å². The van der Waals surface area contributed by atoms with Crippen molar-refractivity contribution in [1.82, 2.24) is 0 Å². The fourth-order valence-corrected chi connectivity index (χ4v) is 2.69. The quantitative estimate of drug-likeness (QED) is 0.900. The maximum absolute atomic E-state index is 12.0. The fourth-order valence-electron chi connectivity index (χ4n) is 2.29. The average molecular weight is 362 g/mol. The monoisotopic (exact) mass is 361 g/mol. The zero-order chi connectivity index (χ0) is 15.4. The van der Waals surface area contributed by atoms with Crippen molar-refractivity contribution >= 4 is 27.5 Å². The van der Waals surface area contributed by atoms with Crippen LogP contribution in [0.4, 0.5) is 5.69 Å². The van der Waals surface area contributed by atoms with Gasteiger partial charge in [-0.1, -0.05) is 28.1 Å². The third-order valence-electron chi connectivity index (χ3n) is 3.36. The molecule has 0 aliphatic carbocycles. The van der Waals surface area contributed by atoms with Crippen LogP contribution >= 0.6 is 15.9 Å². The van der Waals surface area contributed by atoms with Gasteiger partial charge in [0.05, 0.1) is 0 Å². The highest BCUT2D eigenvalue weighted by atomic mass is 79.9. The average Bonchev–Trinajstić information content (AvgIpc) is 2.53. The Morgan fingerprint density at radius 1 is 1.09 bits per heavy atom. The van der Waals surface area contributed by atoms with E-state index in [0.717, 1.165) is 27.2 Å². The second-order valence-electron chi connectivity index (χ2n) is 5.04. The van der Waals surface area contributed by atoms with Crippen molar-refractivity contribution in [2.75, 3.05) is 18.5 Å². The molecule has 3 rings (SSSR count). The van der Waals surface area contributed by atoms with Crippen molar-refractivity contribution in [3.8, 4) is 11.5 Å². The predicted octanol–water partition coefficient (Wildman–Crippen LogP) is 3.79. The molecule has 4 nitrogen and oxygen atoms in total. The lowest BCUT2D eigenvalue weighted by atomic mass is 10.1. The molecule has 0 spiro atoms. The molecule has 114 valence electrons. The summed E-state index contributed by atoms with van der Waals surface area (Å²) in [5.41, 5.74) is 1.86. The Kier molecular flexibility index (Phi) is 4.63. The highest BCUT2D eigenvalue weighted by Gasteiger charge is 2.12. The number of hydrogen-bond acceptors (Lipinski definition) is 3. The van der Waals surface area contributed by atoms with Gasteiger partial charge in [0.15, 0.2) is 11.5 Å². The molecule has 0 bridgehead atoms. The van der Waals surface area contributed by atoms with Crippen molar-refractivity contribution in [2.24, 2.45) is 0 Å². The molecule has 1 amide bonds. The maximum atomic E-state index is 12.0. The standard InChI is InChI=1S/C17H16BrNO3/c18-13-2-1-3-14(11-13)19-17(20)7-5-12-4-6-15-16(10-12)22-9-8-21-15/h1-4,6,10-11H,5,7-9H2,(H,19,20). The van der Waals surface area contributed by atoms with E-state index in [1.54, 1.807) is 0 Å². The number of ether oxygens (including phenoxy) is 2. The molecule has 1 aliphatic rings. The van der Waals surface area contributed by atoms with E-state index in [0.29, 0.717) is 26.1 Å². The number of hydrogen-bond donors (Lipinski definition) is 1. The summed E-state index contributed by atoms with van der Waals surface area (Å²) in [5.74, 6) is 1.53. The highest BCUT2D eigenvalue weighted by Crippen LogP contribution is 2.31. The van der Waals surface area contributed by atoms with E-state index in [4.69, 9.17) is 9.47 Å². The Bertz CT molecular complexity index is 687. The van der Waals surface area contributed by atoms with Gasteiger partial charge in [0.1, 0.15) is 13.2 Å². The summed E-state index contributed by atoms with van der Waals surface area (Å²) < 4.78 is 12.0. The molecule has 1 aliphatic heterocycles. The van der Waals surface area contributed by atoms with Crippen LogP contribution in [0.15, 0.2) is 46.9 Å². The van der Waals surface area contributed by atoms with E-state index in [-0.39, 0.29) is 5.91 Å². The summed E-state index contributed by atoms with van der Waals surface area (Å²) in [6.45, 7) is 1.15. The third kappa shape index (κ3) is 3.80. The van der Waals surface area contributed by atoms with Crippen molar-refractivity contribution in [3.63, 3.8) is 0 Å². The normalized spacial score (nSPS) is 12.8. The first-order chi connectivity index (χ1) is 10.7. The van der Waals surface area contributed by atoms with Crippen molar-refractivity contribution in [3.05, 3.63) is 52.5 Å². The number of carbonyl (C=O) groups is 1. The van der Waals surface area contributed by atoms with Gasteiger partial charge in [0, 0.05) is 16.6 Å². The molecule has 0 saturated carbocycles. The zero-order valence-electron chi connectivity index (χ0n) is 12.0. The van der Waals surface area contributed by atoms with Crippen molar-refractivity contribution in [1.29, 1.82) is 0 Å². The van der Waals surface area contributed by atoms with Crippen LogP contribution in [-0.4, -0.2) is 19.1 Å². The Labute approximate surface area is 137 Å². The number of rotatable bonds is 4. The van der Waals surface area contributed by atoms with Crippen LogP contribution in [-0.2, 0) is 11.2 Å². The smallest absolute Gasteiger partial charge is 0.224 e. The van der Waals surface area contributed by atoms with Gasteiger partial charge < -0.3 is 14.8 Å². The lowest BCUT2D eigenvalue weighted by molar-refractivity contribution is -0.116. The van der Waals surface area contributed by atoms with Crippen LogP contribution in [0, 0.1) is 0 Å². The van der Waals surface area contributed by atoms with E-state index < -0.39 is 0 Å². The molecule has 0 saturated heterocycles. The molecule has 0 aromatic heterocycles. The first kappa shape index (κ1) is 14.9. The van der Waals surface area contributed by atoms with Gasteiger partial charge in [-0.2, -0.15) is 0 Å². The number of amides is 1. The van der Waals surface area contributed by atoms with Gasteiger partial charge in [-0.25, -0.2) is 0 Å². The molecule has 1 heterocycles. The summed E-state index contributed by atoms with van der Waals surface area (Å²) in [7, 11) is 0. The Morgan fingerprint density at radius 2 is 1.91 bits per heavy atom. The number of fused-ring (bicyclic) bond motifs is 1. The summed E-state index contributed by atoms with van der Waals surface area (Å²) >= 11 is 3.39. The Morgan fingerprint density at radius 3 is 2.73 bits per heavy atom. The largest absolute Gasteiger partial charge is 0.486 e. The molecule has 5 heteroatoms. The van der Waals surface area contributed by atoms with Crippen molar-refractivity contribution < 1.29 is 14.3 Å². The third-order valence-corrected chi connectivity index (χ3v) is 3.85. The van der Waals surface area contributed by atoms with Crippen molar-refractivity contribution in [2.45, 2.75) is 12.8 Å². The summed E-state index contributed by atoms with van der Waals surface area (Å²) in [4.78, 5) is 12.0. The number of aryl methyl sites for hydroxylation is 1. The van der Waals surface area contributed by atoms with Crippen LogP contribution in [0.3, 0.4) is 0 Å². The van der Waals surface area contributed by atoms with Gasteiger partial charge in [-0.15, -0.1) is 0 Å². The molecule has 2 aromatic rings. The van der Waals surface area contributed by atoms with Crippen LogP contribution in [0.2, 0.25) is 0 Å².